The number of carbonyl (C=O) groups excluding carboxylic acids is 1. The van der Waals surface area contributed by atoms with Crippen LogP contribution in [0.2, 0.25) is 0 Å². The standard InChI is InChI=1S/C11H12N4OS2/c1-6(2)10-14-15-11(18-10)13-8(16)7-4-3-5-12-9(7)17/h3-6H,1-2H3,(H,12,17)(H,13,15,16). The second-order valence-corrected chi connectivity index (χ2v) is 5.38. The Bertz CT molecular complexity index is 617. The Morgan fingerprint density at radius 2 is 2.28 bits per heavy atom. The van der Waals surface area contributed by atoms with Crippen LogP contribution >= 0.6 is 23.6 Å². The van der Waals surface area contributed by atoms with Gasteiger partial charge in [-0.2, -0.15) is 0 Å². The van der Waals surface area contributed by atoms with Gasteiger partial charge < -0.3 is 4.98 Å². The number of nitrogens with zero attached hydrogens (tertiary/aromatic N) is 2. The van der Waals surface area contributed by atoms with Gasteiger partial charge in [0.25, 0.3) is 5.91 Å². The maximum atomic E-state index is 12.0. The molecule has 5 nitrogen and oxygen atoms in total. The molecule has 2 aromatic rings. The van der Waals surface area contributed by atoms with Crippen molar-refractivity contribution in [1.82, 2.24) is 15.2 Å². The minimum Gasteiger partial charge on any atom is -0.352 e. The van der Waals surface area contributed by atoms with Crippen LogP contribution in [0.5, 0.6) is 0 Å². The molecule has 2 rings (SSSR count). The van der Waals surface area contributed by atoms with E-state index in [2.05, 4.69) is 20.5 Å². The van der Waals surface area contributed by atoms with Crippen LogP contribution in [0.25, 0.3) is 0 Å². The summed E-state index contributed by atoms with van der Waals surface area (Å²) >= 11 is 6.41. The number of nitrogens with one attached hydrogen (secondary N) is 2. The summed E-state index contributed by atoms with van der Waals surface area (Å²) in [6.45, 7) is 4.05. The average Bonchev–Trinajstić information content (AvgIpc) is 2.78. The summed E-state index contributed by atoms with van der Waals surface area (Å²) in [4.78, 5) is 14.8. The zero-order valence-electron chi connectivity index (χ0n) is 9.93. The summed E-state index contributed by atoms with van der Waals surface area (Å²) < 4.78 is 0.406. The van der Waals surface area contributed by atoms with Gasteiger partial charge in [0.2, 0.25) is 5.13 Å². The Labute approximate surface area is 113 Å². The highest BCUT2D eigenvalue weighted by Crippen LogP contribution is 2.22. The Hall–Kier alpha value is -1.60. The van der Waals surface area contributed by atoms with Gasteiger partial charge in [0.05, 0.1) is 5.56 Å². The molecule has 0 spiro atoms. The molecule has 2 aromatic heterocycles. The molecule has 18 heavy (non-hydrogen) atoms. The normalized spacial score (nSPS) is 10.6. The zero-order chi connectivity index (χ0) is 13.1. The molecule has 0 aliphatic rings. The van der Waals surface area contributed by atoms with E-state index in [9.17, 15) is 4.79 Å². The molecule has 0 unspecified atom stereocenters. The topological polar surface area (TPSA) is 70.7 Å². The van der Waals surface area contributed by atoms with Crippen molar-refractivity contribution in [2.75, 3.05) is 5.32 Å². The molecular formula is C11H12N4OS2. The van der Waals surface area contributed by atoms with Gasteiger partial charge in [0, 0.05) is 12.1 Å². The van der Waals surface area contributed by atoms with Crippen LogP contribution in [0.1, 0.15) is 35.1 Å². The van der Waals surface area contributed by atoms with Gasteiger partial charge >= 0.3 is 0 Å². The third-order valence-electron chi connectivity index (χ3n) is 2.22. The van der Waals surface area contributed by atoms with Crippen LogP contribution in [-0.4, -0.2) is 21.1 Å². The Balaban J connectivity index is 2.17. The minimum atomic E-state index is -0.275. The SMILES string of the molecule is CC(C)c1nnc(NC(=O)c2ccc[nH]c2=S)s1. The molecule has 0 fully saturated rings. The number of pyridine rings is 1. The highest BCUT2D eigenvalue weighted by atomic mass is 32.1. The number of aromatic nitrogens is 3. The first-order valence-corrected chi connectivity index (χ1v) is 6.63. The van der Waals surface area contributed by atoms with Gasteiger partial charge in [0.15, 0.2) is 0 Å². The predicted octanol–water partition coefficient (Wildman–Crippen LogP) is 2.97. The van der Waals surface area contributed by atoms with Gasteiger partial charge in [-0.25, -0.2) is 0 Å². The highest BCUT2D eigenvalue weighted by Gasteiger charge is 2.12. The number of aromatic amines is 1. The smallest absolute Gasteiger partial charge is 0.260 e. The third-order valence-corrected chi connectivity index (χ3v) is 3.69. The quantitative estimate of drug-likeness (QED) is 0.848. The number of anilines is 1. The number of carbonyl (C=O) groups is 1. The first kappa shape index (κ1) is 12.8. The molecule has 0 atom stereocenters. The van der Waals surface area contributed by atoms with E-state index >= 15 is 0 Å². The van der Waals surface area contributed by atoms with E-state index in [0.717, 1.165) is 5.01 Å². The maximum absolute atomic E-state index is 12.0. The lowest BCUT2D eigenvalue weighted by Crippen LogP contribution is -2.12. The molecule has 2 N–H and O–H groups in total. The second-order valence-electron chi connectivity index (χ2n) is 3.97. The molecule has 2 heterocycles. The lowest BCUT2D eigenvalue weighted by molar-refractivity contribution is 0.102. The van der Waals surface area contributed by atoms with Crippen molar-refractivity contribution in [3.05, 3.63) is 33.5 Å². The zero-order valence-corrected chi connectivity index (χ0v) is 11.6. The summed E-state index contributed by atoms with van der Waals surface area (Å²) in [5.41, 5.74) is 0.425. The molecule has 0 aromatic carbocycles. The fourth-order valence-electron chi connectivity index (χ4n) is 1.28. The van der Waals surface area contributed by atoms with E-state index in [4.69, 9.17) is 12.2 Å². The van der Waals surface area contributed by atoms with E-state index in [1.807, 2.05) is 13.8 Å². The first-order chi connectivity index (χ1) is 8.58. The summed E-state index contributed by atoms with van der Waals surface area (Å²) in [5, 5.41) is 12.0. The van der Waals surface area contributed by atoms with Crippen molar-refractivity contribution in [2.24, 2.45) is 0 Å². The second kappa shape index (κ2) is 5.36. The van der Waals surface area contributed by atoms with Gasteiger partial charge in [-0.05, 0) is 12.1 Å². The number of rotatable bonds is 3. The molecule has 0 saturated carbocycles. The van der Waals surface area contributed by atoms with Crippen LogP contribution in [-0.2, 0) is 0 Å². The number of hydrogen-bond acceptors (Lipinski definition) is 5. The monoisotopic (exact) mass is 280 g/mol. The molecule has 94 valence electrons. The summed E-state index contributed by atoms with van der Waals surface area (Å²) in [7, 11) is 0. The fraction of sp³-hybridized carbons (Fsp3) is 0.273. The fourth-order valence-corrected chi connectivity index (χ4v) is 2.25. The minimum absolute atomic E-state index is 0.275. The molecule has 0 aliphatic carbocycles. The van der Waals surface area contributed by atoms with Crippen molar-refractivity contribution in [1.29, 1.82) is 0 Å². The van der Waals surface area contributed by atoms with Gasteiger partial charge in [-0.15, -0.1) is 10.2 Å². The largest absolute Gasteiger partial charge is 0.352 e. The van der Waals surface area contributed by atoms with E-state index < -0.39 is 0 Å². The van der Waals surface area contributed by atoms with E-state index in [0.29, 0.717) is 21.3 Å². The highest BCUT2D eigenvalue weighted by molar-refractivity contribution is 7.71. The predicted molar refractivity (Wildman–Crippen MR) is 73.6 cm³/mol. The van der Waals surface area contributed by atoms with Crippen LogP contribution in [0.4, 0.5) is 5.13 Å². The molecular weight excluding hydrogens is 268 g/mol. The van der Waals surface area contributed by atoms with Crippen LogP contribution in [0.15, 0.2) is 18.3 Å². The van der Waals surface area contributed by atoms with Crippen molar-refractivity contribution >= 4 is 34.6 Å². The average molecular weight is 280 g/mol. The lowest BCUT2D eigenvalue weighted by Gasteiger charge is -2.00. The third kappa shape index (κ3) is 2.80. The van der Waals surface area contributed by atoms with Gasteiger partial charge in [0.1, 0.15) is 9.65 Å². The van der Waals surface area contributed by atoms with Crippen LogP contribution in [0, 0.1) is 4.64 Å². The van der Waals surface area contributed by atoms with Crippen molar-refractivity contribution in [3.8, 4) is 0 Å². The lowest BCUT2D eigenvalue weighted by atomic mass is 10.2. The van der Waals surface area contributed by atoms with Crippen molar-refractivity contribution in [3.63, 3.8) is 0 Å². The summed E-state index contributed by atoms with van der Waals surface area (Å²) in [6, 6.07) is 3.39. The number of amides is 1. The van der Waals surface area contributed by atoms with Gasteiger partial charge in [-0.3, -0.25) is 10.1 Å². The molecule has 0 saturated heterocycles. The number of hydrogen-bond donors (Lipinski definition) is 2. The molecule has 0 bridgehead atoms. The first-order valence-electron chi connectivity index (χ1n) is 5.40. The van der Waals surface area contributed by atoms with Crippen molar-refractivity contribution in [2.45, 2.75) is 19.8 Å². The molecule has 7 heteroatoms. The maximum Gasteiger partial charge on any atom is 0.260 e. The molecule has 1 amide bonds. The van der Waals surface area contributed by atoms with Crippen LogP contribution < -0.4 is 5.32 Å². The van der Waals surface area contributed by atoms with E-state index in [1.165, 1.54) is 11.3 Å². The number of H-pyrrole nitrogens is 1. The Morgan fingerprint density at radius 3 is 2.89 bits per heavy atom. The van der Waals surface area contributed by atoms with Crippen LogP contribution in [0.3, 0.4) is 0 Å². The Morgan fingerprint density at radius 1 is 1.50 bits per heavy atom. The van der Waals surface area contributed by atoms with Gasteiger partial charge in [-0.1, -0.05) is 37.4 Å². The molecule has 0 radical (unpaired) electrons. The van der Waals surface area contributed by atoms with E-state index in [1.54, 1.807) is 18.3 Å². The Kier molecular flexibility index (Phi) is 3.83. The summed E-state index contributed by atoms with van der Waals surface area (Å²) in [5.74, 6) is 0.0241. The molecule has 0 aliphatic heterocycles. The van der Waals surface area contributed by atoms with E-state index in [-0.39, 0.29) is 5.91 Å². The summed E-state index contributed by atoms with van der Waals surface area (Å²) in [6.07, 6.45) is 1.68. The van der Waals surface area contributed by atoms with Crippen molar-refractivity contribution < 1.29 is 4.79 Å².